The van der Waals surface area contributed by atoms with Crippen molar-refractivity contribution in [3.63, 3.8) is 0 Å². The van der Waals surface area contributed by atoms with E-state index in [2.05, 4.69) is 28.9 Å². The van der Waals surface area contributed by atoms with Gasteiger partial charge in [0.05, 0.1) is 5.69 Å². The number of hydrogen-bond acceptors (Lipinski definition) is 3. The van der Waals surface area contributed by atoms with Crippen LogP contribution in [0, 0.1) is 13.8 Å². The van der Waals surface area contributed by atoms with E-state index in [4.69, 9.17) is 0 Å². The molecule has 2 atom stereocenters. The molecular formula is C16H28N4OS. The Balaban J connectivity index is 1.69. The summed E-state index contributed by atoms with van der Waals surface area (Å²) in [4.78, 5) is 12.0. The minimum absolute atomic E-state index is 0.0226. The van der Waals surface area contributed by atoms with E-state index in [-0.39, 0.29) is 6.03 Å². The second-order valence-corrected chi connectivity index (χ2v) is 7.17. The standard InChI is InChI=1S/C16H28N4OS/c1-11-13(12(2)20(3)19-11)7-6-10-17-16(21)18-14-8-5-9-15(14)22-4/h14-15H,5-10H2,1-4H3,(H2,17,18,21)/t14-,15-/m1/s1. The summed E-state index contributed by atoms with van der Waals surface area (Å²) in [6.07, 6.45) is 7.57. The van der Waals surface area contributed by atoms with Crippen molar-refractivity contribution in [2.75, 3.05) is 12.8 Å². The van der Waals surface area contributed by atoms with Crippen LogP contribution in [0.4, 0.5) is 4.79 Å². The Hall–Kier alpha value is -1.17. The van der Waals surface area contributed by atoms with Gasteiger partial charge in [-0.25, -0.2) is 4.79 Å². The smallest absolute Gasteiger partial charge is 0.315 e. The highest BCUT2D eigenvalue weighted by Crippen LogP contribution is 2.28. The number of amides is 2. The van der Waals surface area contributed by atoms with Crippen LogP contribution < -0.4 is 10.6 Å². The maximum absolute atomic E-state index is 12.0. The second kappa shape index (κ2) is 7.90. The van der Waals surface area contributed by atoms with Crippen molar-refractivity contribution < 1.29 is 4.79 Å². The normalized spacial score (nSPS) is 21.1. The van der Waals surface area contributed by atoms with Gasteiger partial charge < -0.3 is 10.6 Å². The Bertz CT molecular complexity index is 514. The Kier molecular flexibility index (Phi) is 6.17. The molecule has 0 unspecified atom stereocenters. The van der Waals surface area contributed by atoms with E-state index < -0.39 is 0 Å². The minimum atomic E-state index is -0.0226. The molecule has 0 saturated heterocycles. The molecular weight excluding hydrogens is 296 g/mol. The molecule has 22 heavy (non-hydrogen) atoms. The average molecular weight is 324 g/mol. The van der Waals surface area contributed by atoms with Gasteiger partial charge in [-0.2, -0.15) is 16.9 Å². The van der Waals surface area contributed by atoms with Crippen LogP contribution in [0.5, 0.6) is 0 Å². The molecule has 6 heteroatoms. The predicted molar refractivity (Wildman–Crippen MR) is 92.5 cm³/mol. The molecule has 0 aromatic carbocycles. The van der Waals surface area contributed by atoms with E-state index in [1.165, 1.54) is 24.1 Å². The maximum Gasteiger partial charge on any atom is 0.315 e. The fourth-order valence-electron chi connectivity index (χ4n) is 3.24. The number of aromatic nitrogens is 2. The summed E-state index contributed by atoms with van der Waals surface area (Å²) in [5.74, 6) is 0. The first-order chi connectivity index (χ1) is 10.5. The van der Waals surface area contributed by atoms with E-state index >= 15 is 0 Å². The molecule has 5 nitrogen and oxygen atoms in total. The lowest BCUT2D eigenvalue weighted by molar-refractivity contribution is 0.237. The van der Waals surface area contributed by atoms with E-state index in [0.29, 0.717) is 17.8 Å². The third-order valence-electron chi connectivity index (χ3n) is 4.62. The molecule has 1 saturated carbocycles. The maximum atomic E-state index is 12.0. The average Bonchev–Trinajstić information content (AvgIpc) is 3.02. The zero-order valence-corrected chi connectivity index (χ0v) is 14.9. The molecule has 124 valence electrons. The quantitative estimate of drug-likeness (QED) is 0.791. The van der Waals surface area contributed by atoms with Crippen LogP contribution in [0.15, 0.2) is 0 Å². The van der Waals surface area contributed by atoms with Gasteiger partial charge in [-0.15, -0.1) is 0 Å². The van der Waals surface area contributed by atoms with Crippen molar-refractivity contribution in [2.45, 2.75) is 57.2 Å². The van der Waals surface area contributed by atoms with Crippen LogP contribution in [0.2, 0.25) is 0 Å². The number of carbonyl (C=O) groups is 1. The first-order valence-electron chi connectivity index (χ1n) is 8.09. The molecule has 1 aromatic heterocycles. The Labute approximate surface area is 137 Å². The molecule has 2 N–H and O–H groups in total. The lowest BCUT2D eigenvalue weighted by atomic mass is 10.1. The van der Waals surface area contributed by atoms with Crippen LogP contribution >= 0.6 is 11.8 Å². The van der Waals surface area contributed by atoms with Crippen molar-refractivity contribution in [1.29, 1.82) is 0 Å². The van der Waals surface area contributed by atoms with Crippen molar-refractivity contribution in [3.05, 3.63) is 17.0 Å². The van der Waals surface area contributed by atoms with E-state index in [1.54, 1.807) is 0 Å². The monoisotopic (exact) mass is 324 g/mol. The van der Waals surface area contributed by atoms with E-state index in [1.807, 2.05) is 30.4 Å². The molecule has 0 radical (unpaired) electrons. The summed E-state index contributed by atoms with van der Waals surface area (Å²) < 4.78 is 1.92. The molecule has 2 amide bonds. The van der Waals surface area contributed by atoms with Gasteiger partial charge in [0.2, 0.25) is 0 Å². The van der Waals surface area contributed by atoms with E-state index in [9.17, 15) is 4.79 Å². The summed E-state index contributed by atoms with van der Waals surface area (Å²) in [6, 6.07) is 0.309. The number of urea groups is 1. The van der Waals surface area contributed by atoms with Crippen LogP contribution in [0.1, 0.15) is 42.6 Å². The highest BCUT2D eigenvalue weighted by atomic mass is 32.2. The first kappa shape index (κ1) is 17.2. The zero-order valence-electron chi connectivity index (χ0n) is 14.1. The summed E-state index contributed by atoms with van der Waals surface area (Å²) in [5.41, 5.74) is 3.62. The Morgan fingerprint density at radius 1 is 1.41 bits per heavy atom. The van der Waals surface area contributed by atoms with Crippen molar-refractivity contribution >= 4 is 17.8 Å². The summed E-state index contributed by atoms with van der Waals surface area (Å²) in [6.45, 7) is 4.85. The number of aryl methyl sites for hydroxylation is 2. The van der Waals surface area contributed by atoms with Crippen molar-refractivity contribution in [2.24, 2.45) is 7.05 Å². The second-order valence-electron chi connectivity index (χ2n) is 6.09. The van der Waals surface area contributed by atoms with Gasteiger partial charge in [-0.3, -0.25) is 4.68 Å². The van der Waals surface area contributed by atoms with Gasteiger partial charge in [0.15, 0.2) is 0 Å². The minimum Gasteiger partial charge on any atom is -0.338 e. The predicted octanol–water partition coefficient (Wildman–Crippen LogP) is 2.55. The Morgan fingerprint density at radius 3 is 2.82 bits per heavy atom. The fourth-order valence-corrected chi connectivity index (χ4v) is 4.17. The lowest BCUT2D eigenvalue weighted by Gasteiger charge is -2.19. The van der Waals surface area contributed by atoms with Gasteiger partial charge in [-0.05, 0) is 51.3 Å². The summed E-state index contributed by atoms with van der Waals surface area (Å²) >= 11 is 1.86. The van der Waals surface area contributed by atoms with Gasteiger partial charge >= 0.3 is 6.03 Å². The van der Waals surface area contributed by atoms with Crippen LogP contribution in [-0.4, -0.2) is 39.9 Å². The highest BCUT2D eigenvalue weighted by molar-refractivity contribution is 7.99. The summed E-state index contributed by atoms with van der Waals surface area (Å²) in [7, 11) is 1.97. The number of thioether (sulfide) groups is 1. The molecule has 0 aliphatic heterocycles. The van der Waals surface area contributed by atoms with Gasteiger partial charge in [0.25, 0.3) is 0 Å². The molecule has 1 fully saturated rings. The Morgan fingerprint density at radius 2 is 2.18 bits per heavy atom. The molecule has 1 aromatic rings. The summed E-state index contributed by atoms with van der Waals surface area (Å²) in [5, 5.41) is 11.1. The lowest BCUT2D eigenvalue weighted by Crippen LogP contribution is -2.44. The van der Waals surface area contributed by atoms with E-state index in [0.717, 1.165) is 25.0 Å². The largest absolute Gasteiger partial charge is 0.338 e. The van der Waals surface area contributed by atoms with Crippen LogP contribution in [0.25, 0.3) is 0 Å². The third kappa shape index (κ3) is 4.18. The number of carbonyl (C=O) groups excluding carboxylic acids is 1. The fraction of sp³-hybridized carbons (Fsp3) is 0.750. The molecule has 0 bridgehead atoms. The molecule has 1 aliphatic rings. The third-order valence-corrected chi connectivity index (χ3v) is 5.79. The highest BCUT2D eigenvalue weighted by Gasteiger charge is 2.27. The number of nitrogens with one attached hydrogen (secondary N) is 2. The topological polar surface area (TPSA) is 59.0 Å². The molecule has 1 heterocycles. The van der Waals surface area contributed by atoms with Crippen molar-refractivity contribution in [3.8, 4) is 0 Å². The molecule has 0 spiro atoms. The van der Waals surface area contributed by atoms with Gasteiger partial charge in [0, 0.05) is 30.6 Å². The molecule has 1 aliphatic carbocycles. The number of nitrogens with zero attached hydrogens (tertiary/aromatic N) is 2. The number of hydrogen-bond donors (Lipinski definition) is 2. The molecule has 2 rings (SSSR count). The van der Waals surface area contributed by atoms with Gasteiger partial charge in [0.1, 0.15) is 0 Å². The van der Waals surface area contributed by atoms with Crippen LogP contribution in [0.3, 0.4) is 0 Å². The number of rotatable bonds is 6. The van der Waals surface area contributed by atoms with Gasteiger partial charge in [-0.1, -0.05) is 6.42 Å². The first-order valence-corrected chi connectivity index (χ1v) is 9.38. The SMILES string of the molecule is CS[C@@H]1CCC[C@H]1NC(=O)NCCCc1c(C)nn(C)c1C. The van der Waals surface area contributed by atoms with Crippen molar-refractivity contribution in [1.82, 2.24) is 20.4 Å². The van der Waals surface area contributed by atoms with Crippen LogP contribution in [-0.2, 0) is 13.5 Å². The zero-order chi connectivity index (χ0) is 16.1.